The van der Waals surface area contributed by atoms with E-state index in [4.69, 9.17) is 5.26 Å². The Labute approximate surface area is 115 Å². The molecule has 5 nitrogen and oxygen atoms in total. The number of likely N-dealkylation sites (tertiary alicyclic amines) is 1. The third kappa shape index (κ3) is 4.56. The molecule has 1 rings (SSSR count). The van der Waals surface area contributed by atoms with Gasteiger partial charge in [0, 0.05) is 25.8 Å². The Morgan fingerprint density at radius 3 is 2.68 bits per heavy atom. The second kappa shape index (κ2) is 7.80. The Hall–Kier alpha value is -1.54. The molecule has 0 saturated carbocycles. The third-order valence-corrected chi connectivity index (χ3v) is 3.55. The molecule has 106 valence electrons. The summed E-state index contributed by atoms with van der Waals surface area (Å²) in [4.78, 5) is 16.2. The number of carbonyl (C=O) groups is 1. The van der Waals surface area contributed by atoms with Crippen LogP contribution in [-0.4, -0.2) is 55.5 Å². The van der Waals surface area contributed by atoms with Crippen LogP contribution in [0.5, 0.6) is 0 Å². The molecule has 0 bridgehead atoms. The number of amides is 1. The Balaban J connectivity index is 2.59. The number of nitrogens with zero attached hydrogens (tertiary/aromatic N) is 3. The van der Waals surface area contributed by atoms with E-state index in [0.717, 1.165) is 38.9 Å². The summed E-state index contributed by atoms with van der Waals surface area (Å²) in [5.41, 5.74) is 0.190. The maximum atomic E-state index is 12.2. The third-order valence-electron chi connectivity index (χ3n) is 3.55. The van der Waals surface area contributed by atoms with Crippen molar-refractivity contribution in [1.82, 2.24) is 15.1 Å². The first kappa shape index (κ1) is 15.5. The van der Waals surface area contributed by atoms with Gasteiger partial charge in [-0.3, -0.25) is 4.79 Å². The molecule has 1 N–H and O–H groups in total. The average Bonchev–Trinajstić information content (AvgIpc) is 2.43. The lowest BCUT2D eigenvalue weighted by Crippen LogP contribution is -2.45. The second-order valence-corrected chi connectivity index (χ2v) is 5.07. The number of carbonyl (C=O) groups excluding carboxylic acids is 1. The summed E-state index contributed by atoms with van der Waals surface area (Å²) in [6, 6.07) is 2.23. The highest BCUT2D eigenvalue weighted by Gasteiger charge is 2.25. The van der Waals surface area contributed by atoms with Crippen molar-refractivity contribution in [2.24, 2.45) is 0 Å². The van der Waals surface area contributed by atoms with Crippen molar-refractivity contribution in [3.8, 4) is 6.07 Å². The van der Waals surface area contributed by atoms with Gasteiger partial charge in [-0.25, -0.2) is 0 Å². The number of hydrogen-bond donors (Lipinski definition) is 1. The van der Waals surface area contributed by atoms with E-state index in [1.807, 2.05) is 13.0 Å². The first-order valence-corrected chi connectivity index (χ1v) is 6.89. The molecule has 1 heterocycles. The number of nitrogens with one attached hydrogen (secondary N) is 1. The van der Waals surface area contributed by atoms with E-state index in [2.05, 4.69) is 17.3 Å². The predicted molar refractivity (Wildman–Crippen MR) is 75.3 cm³/mol. The van der Waals surface area contributed by atoms with Crippen LogP contribution in [0.25, 0.3) is 0 Å². The van der Waals surface area contributed by atoms with Crippen molar-refractivity contribution in [3.05, 3.63) is 11.8 Å². The summed E-state index contributed by atoms with van der Waals surface area (Å²) in [5.74, 6) is -0.180. The minimum absolute atomic E-state index is 0.180. The molecule has 5 heteroatoms. The smallest absolute Gasteiger partial charge is 0.265 e. The van der Waals surface area contributed by atoms with Gasteiger partial charge in [-0.2, -0.15) is 5.26 Å². The van der Waals surface area contributed by atoms with Crippen molar-refractivity contribution >= 4 is 5.91 Å². The summed E-state index contributed by atoms with van der Waals surface area (Å²) >= 11 is 0. The lowest BCUT2D eigenvalue weighted by molar-refractivity contribution is -0.128. The molecule has 0 spiro atoms. The average molecular weight is 264 g/mol. The van der Waals surface area contributed by atoms with E-state index in [9.17, 15) is 4.79 Å². The Morgan fingerprint density at radius 1 is 1.53 bits per heavy atom. The number of nitriles is 1. The maximum absolute atomic E-state index is 12.2. The van der Waals surface area contributed by atoms with Gasteiger partial charge in [0.15, 0.2) is 0 Å². The fourth-order valence-electron chi connectivity index (χ4n) is 2.20. The minimum atomic E-state index is -0.180. The summed E-state index contributed by atoms with van der Waals surface area (Å²) in [5, 5.41) is 12.1. The fourth-order valence-corrected chi connectivity index (χ4v) is 2.20. The van der Waals surface area contributed by atoms with Crippen LogP contribution < -0.4 is 5.32 Å². The number of rotatable bonds is 5. The highest BCUT2D eigenvalue weighted by atomic mass is 16.2. The molecule has 0 aromatic rings. The Kier molecular flexibility index (Phi) is 6.37. The van der Waals surface area contributed by atoms with Crippen LogP contribution >= 0.6 is 0 Å². The van der Waals surface area contributed by atoms with E-state index in [1.165, 1.54) is 6.20 Å². The maximum Gasteiger partial charge on any atom is 0.265 e. The molecule has 0 unspecified atom stereocenters. The lowest BCUT2D eigenvalue weighted by atomic mass is 10.0. The number of hydrogen-bond acceptors (Lipinski definition) is 4. The molecule has 1 saturated heterocycles. The van der Waals surface area contributed by atoms with Crippen molar-refractivity contribution in [2.45, 2.75) is 32.2 Å². The van der Waals surface area contributed by atoms with Gasteiger partial charge in [0.25, 0.3) is 5.91 Å². The fraction of sp³-hybridized carbons (Fsp3) is 0.714. The van der Waals surface area contributed by atoms with Crippen molar-refractivity contribution in [3.63, 3.8) is 0 Å². The summed E-state index contributed by atoms with van der Waals surface area (Å²) in [6.07, 6.45) is 4.45. The normalized spacial score (nSPS) is 17.9. The molecule has 1 aliphatic heterocycles. The zero-order chi connectivity index (χ0) is 14.3. The van der Waals surface area contributed by atoms with E-state index in [-0.39, 0.29) is 17.5 Å². The van der Waals surface area contributed by atoms with Crippen LogP contribution in [0, 0.1) is 11.3 Å². The molecule has 1 fully saturated rings. The molecule has 19 heavy (non-hydrogen) atoms. The van der Waals surface area contributed by atoms with Crippen LogP contribution in [0.2, 0.25) is 0 Å². The van der Waals surface area contributed by atoms with Gasteiger partial charge >= 0.3 is 0 Å². The minimum Gasteiger partial charge on any atom is -0.390 e. The molecule has 1 amide bonds. The molecule has 0 aliphatic carbocycles. The zero-order valence-electron chi connectivity index (χ0n) is 12.1. The molecular weight excluding hydrogens is 240 g/mol. The topological polar surface area (TPSA) is 59.4 Å². The predicted octanol–water partition coefficient (Wildman–Crippen LogP) is 0.946. The highest BCUT2D eigenvalue weighted by Crippen LogP contribution is 2.15. The van der Waals surface area contributed by atoms with Crippen LogP contribution in [0.1, 0.15) is 26.2 Å². The summed E-state index contributed by atoms with van der Waals surface area (Å²) in [6.45, 7) is 4.82. The number of likely N-dealkylation sites (N-methyl/N-ethyl adjacent to an activating group) is 1. The van der Waals surface area contributed by atoms with E-state index < -0.39 is 0 Å². The van der Waals surface area contributed by atoms with E-state index in [0.29, 0.717) is 0 Å². The second-order valence-electron chi connectivity index (χ2n) is 5.07. The van der Waals surface area contributed by atoms with Gasteiger partial charge in [0.2, 0.25) is 0 Å². The molecule has 1 aliphatic rings. The Bertz CT molecular complexity index is 364. The van der Waals surface area contributed by atoms with Crippen molar-refractivity contribution in [2.75, 3.05) is 33.7 Å². The van der Waals surface area contributed by atoms with Crippen LogP contribution in [0.15, 0.2) is 11.8 Å². The summed E-state index contributed by atoms with van der Waals surface area (Å²) < 4.78 is 0. The monoisotopic (exact) mass is 264 g/mol. The van der Waals surface area contributed by atoms with Gasteiger partial charge in [0.1, 0.15) is 11.6 Å². The SMILES string of the molecule is CCCN/C=C(/C#N)C(=O)N(C)C1CCN(C)CC1. The molecule has 0 atom stereocenters. The number of piperidine rings is 1. The van der Waals surface area contributed by atoms with Gasteiger partial charge < -0.3 is 15.1 Å². The molecule has 0 radical (unpaired) electrons. The lowest BCUT2D eigenvalue weighted by Gasteiger charge is -2.34. The van der Waals surface area contributed by atoms with Gasteiger partial charge in [-0.05, 0) is 39.4 Å². The van der Waals surface area contributed by atoms with Crippen molar-refractivity contribution in [1.29, 1.82) is 5.26 Å². The highest BCUT2D eigenvalue weighted by molar-refractivity contribution is 5.97. The largest absolute Gasteiger partial charge is 0.390 e. The zero-order valence-corrected chi connectivity index (χ0v) is 12.1. The molecule has 0 aromatic carbocycles. The standard InChI is InChI=1S/C14H24N4O/c1-4-7-16-11-12(10-15)14(19)18(3)13-5-8-17(2)9-6-13/h11,13,16H,4-9H2,1-3H3/b12-11-. The first-order chi connectivity index (χ1) is 9.10. The van der Waals surface area contributed by atoms with Crippen LogP contribution in [-0.2, 0) is 4.79 Å². The van der Waals surface area contributed by atoms with Gasteiger partial charge in [0.05, 0.1) is 0 Å². The van der Waals surface area contributed by atoms with Crippen LogP contribution in [0.3, 0.4) is 0 Å². The van der Waals surface area contributed by atoms with E-state index >= 15 is 0 Å². The van der Waals surface area contributed by atoms with Crippen LogP contribution in [0.4, 0.5) is 0 Å². The van der Waals surface area contributed by atoms with Crippen molar-refractivity contribution < 1.29 is 4.79 Å². The van der Waals surface area contributed by atoms with Gasteiger partial charge in [-0.15, -0.1) is 0 Å². The summed E-state index contributed by atoms with van der Waals surface area (Å²) in [7, 11) is 3.89. The molecular formula is C14H24N4O. The quantitative estimate of drug-likeness (QED) is 0.456. The first-order valence-electron chi connectivity index (χ1n) is 6.89. The van der Waals surface area contributed by atoms with Gasteiger partial charge in [-0.1, -0.05) is 6.92 Å². The Morgan fingerprint density at radius 2 is 2.16 bits per heavy atom. The molecule has 0 aromatic heterocycles. The van der Waals surface area contributed by atoms with E-state index in [1.54, 1.807) is 11.9 Å².